The van der Waals surface area contributed by atoms with Gasteiger partial charge in [-0.15, -0.1) is 0 Å². The van der Waals surface area contributed by atoms with Gasteiger partial charge in [0.1, 0.15) is 0 Å². The largest absolute Gasteiger partial charge is 3.00 e. The predicted molar refractivity (Wildman–Crippen MR) is 106 cm³/mol. The number of hydrogen-bond donors (Lipinski definition) is 0. The van der Waals surface area contributed by atoms with E-state index in [1.165, 1.54) is 0 Å². The first-order chi connectivity index (χ1) is 12.1. The zero-order chi connectivity index (χ0) is 17.6. The zero-order valence-corrected chi connectivity index (χ0v) is 19.6. The normalized spacial score (nSPS) is 10.6. The summed E-state index contributed by atoms with van der Waals surface area (Å²) in [7, 11) is 0. The van der Waals surface area contributed by atoms with Gasteiger partial charge in [-0.2, -0.15) is 0 Å². The molecule has 2 aromatic carbocycles. The molecule has 0 N–H and O–H groups in total. The van der Waals surface area contributed by atoms with Crippen LogP contribution in [-0.2, 0) is 17.1 Å². The molecule has 3 rings (SSSR count). The zero-order valence-electron chi connectivity index (χ0n) is 16.3. The Balaban J connectivity index is 0. The fraction of sp³-hybridized carbons (Fsp3) is 0.136. The minimum Gasteiger partial charge on any atom is -1.00 e. The summed E-state index contributed by atoms with van der Waals surface area (Å²) < 4.78 is 0. The summed E-state index contributed by atoms with van der Waals surface area (Å²) in [6.45, 7) is 6.05. The molecule has 1 radical (unpaired) electrons. The van der Waals surface area contributed by atoms with E-state index in [-0.39, 0.29) is 54.3 Å². The van der Waals surface area contributed by atoms with Crippen LogP contribution in [0.15, 0.2) is 82.8 Å². The first kappa shape index (κ1) is 29.5. The molecule has 0 aliphatic carbocycles. The summed E-state index contributed by atoms with van der Waals surface area (Å²) in [5.41, 5.74) is 6.54. The molecule has 1 heterocycles. The van der Waals surface area contributed by atoms with Gasteiger partial charge in [0.15, 0.2) is 0 Å². The first-order valence-corrected chi connectivity index (χ1v) is 8.32. The van der Waals surface area contributed by atoms with Crippen LogP contribution in [0.5, 0.6) is 0 Å². The Morgan fingerprint density at radius 3 is 1.34 bits per heavy atom. The van der Waals surface area contributed by atoms with Crippen molar-refractivity contribution in [3.05, 3.63) is 89.7 Å². The summed E-state index contributed by atoms with van der Waals surface area (Å²) in [5, 5.41) is 0. The van der Waals surface area contributed by atoms with Crippen LogP contribution in [0, 0.1) is 6.92 Å². The van der Waals surface area contributed by atoms with Crippen molar-refractivity contribution in [1.82, 2.24) is 4.98 Å². The smallest absolute Gasteiger partial charge is 1.00 e. The molecule has 7 heteroatoms. The number of halogens is 3. The van der Waals surface area contributed by atoms with Crippen LogP contribution in [0.2, 0.25) is 0 Å². The average Bonchev–Trinajstić information content (AvgIpc) is 2.63. The number of aromatic nitrogens is 1. The van der Waals surface area contributed by atoms with Gasteiger partial charge in [-0.1, -0.05) is 36.4 Å². The Morgan fingerprint density at radius 2 is 1.00 bits per heavy atom. The van der Waals surface area contributed by atoms with Gasteiger partial charge < -0.3 is 37.2 Å². The molecular formula is C22H21Cl3FeN3. The van der Waals surface area contributed by atoms with Gasteiger partial charge in [0.25, 0.3) is 0 Å². The van der Waals surface area contributed by atoms with E-state index in [1.54, 1.807) is 0 Å². The Labute approximate surface area is 201 Å². The predicted octanol–water partition coefficient (Wildman–Crippen LogP) is -3.32. The Kier molecular flexibility index (Phi) is 14.6. The van der Waals surface area contributed by atoms with Crippen molar-refractivity contribution >= 4 is 22.8 Å². The van der Waals surface area contributed by atoms with Gasteiger partial charge in [0.05, 0.1) is 34.2 Å². The third-order valence-electron chi connectivity index (χ3n) is 3.82. The van der Waals surface area contributed by atoms with E-state index in [0.717, 1.165) is 39.7 Å². The van der Waals surface area contributed by atoms with Crippen LogP contribution in [0.4, 0.5) is 11.4 Å². The van der Waals surface area contributed by atoms with Crippen molar-refractivity contribution in [3.8, 4) is 0 Å². The molecule has 0 atom stereocenters. The molecular weight excluding hydrogens is 468 g/mol. The molecule has 0 saturated carbocycles. The third-order valence-corrected chi connectivity index (χ3v) is 3.82. The number of pyridine rings is 1. The van der Waals surface area contributed by atoms with Crippen LogP contribution in [-0.4, -0.2) is 16.4 Å². The van der Waals surface area contributed by atoms with E-state index in [9.17, 15) is 0 Å². The van der Waals surface area contributed by atoms with Crippen LogP contribution in [0.3, 0.4) is 0 Å². The average molecular weight is 490 g/mol. The van der Waals surface area contributed by atoms with Crippen molar-refractivity contribution in [2.45, 2.75) is 20.8 Å². The summed E-state index contributed by atoms with van der Waals surface area (Å²) >= 11 is 0. The Morgan fingerprint density at radius 1 is 0.655 bits per heavy atom. The minimum atomic E-state index is 0. The van der Waals surface area contributed by atoms with E-state index in [4.69, 9.17) is 4.98 Å². The second-order valence-corrected chi connectivity index (χ2v) is 5.98. The maximum Gasteiger partial charge on any atom is 3.00 e. The molecule has 153 valence electrons. The summed E-state index contributed by atoms with van der Waals surface area (Å²) in [6, 6.07) is 24.0. The molecule has 0 amide bonds. The number of hydrogen-bond acceptors (Lipinski definition) is 3. The molecule has 0 aliphatic heterocycles. The fourth-order valence-electron chi connectivity index (χ4n) is 2.54. The number of rotatable bonds is 4. The fourth-order valence-corrected chi connectivity index (χ4v) is 2.54. The molecule has 0 spiro atoms. The van der Waals surface area contributed by atoms with Gasteiger partial charge in [-0.05, 0) is 62.7 Å². The van der Waals surface area contributed by atoms with Gasteiger partial charge in [-0.25, -0.2) is 4.98 Å². The quantitative estimate of drug-likeness (QED) is 0.279. The molecule has 1 aromatic heterocycles. The van der Waals surface area contributed by atoms with Gasteiger partial charge in [-0.3, -0.25) is 9.98 Å². The SMILES string of the molecule is CC(=Nc1ccccc1)c1cc(C)cc(C(C)=Nc2ccccc2)n1.[Cl-].[Cl-].[Cl-].[Fe+3]. The molecule has 0 saturated heterocycles. The second-order valence-electron chi connectivity index (χ2n) is 5.98. The second kappa shape index (κ2) is 14.3. The molecule has 0 bridgehead atoms. The van der Waals surface area contributed by atoms with Crippen LogP contribution < -0.4 is 37.2 Å². The Hall–Kier alpha value is -1.68. The van der Waals surface area contributed by atoms with Crippen molar-refractivity contribution in [1.29, 1.82) is 0 Å². The molecule has 0 aliphatic rings. The van der Waals surface area contributed by atoms with Crippen molar-refractivity contribution in [3.63, 3.8) is 0 Å². The number of para-hydroxylation sites is 2. The maximum absolute atomic E-state index is 4.76. The number of benzene rings is 2. The molecule has 29 heavy (non-hydrogen) atoms. The van der Waals surface area contributed by atoms with Gasteiger partial charge >= 0.3 is 17.1 Å². The molecule has 3 aromatic rings. The van der Waals surface area contributed by atoms with E-state index in [1.807, 2.05) is 74.5 Å². The monoisotopic (exact) mass is 488 g/mol. The number of aryl methyl sites for hydroxylation is 1. The van der Waals surface area contributed by atoms with Crippen LogP contribution in [0.1, 0.15) is 30.8 Å². The standard InChI is InChI=1S/C22H21N3.3ClH.Fe/c1-16-14-21(17(2)23-19-10-6-4-7-11-19)25-22(15-16)18(3)24-20-12-8-5-9-13-20;;;;/h4-15H,1-3H3;3*1H;/q;;;;+3/p-3. The molecule has 0 unspecified atom stereocenters. The molecule has 0 fully saturated rings. The molecule has 3 nitrogen and oxygen atoms in total. The van der Waals surface area contributed by atoms with E-state index < -0.39 is 0 Å². The van der Waals surface area contributed by atoms with Crippen molar-refractivity contribution < 1.29 is 54.3 Å². The van der Waals surface area contributed by atoms with E-state index in [0.29, 0.717) is 0 Å². The number of nitrogens with zero attached hydrogens (tertiary/aromatic N) is 3. The topological polar surface area (TPSA) is 37.6 Å². The minimum absolute atomic E-state index is 0. The third kappa shape index (κ3) is 8.69. The number of aliphatic imine (C=N–C) groups is 2. The summed E-state index contributed by atoms with van der Waals surface area (Å²) in [6.07, 6.45) is 0. The van der Waals surface area contributed by atoms with Crippen molar-refractivity contribution in [2.75, 3.05) is 0 Å². The van der Waals surface area contributed by atoms with Crippen LogP contribution >= 0.6 is 0 Å². The van der Waals surface area contributed by atoms with Crippen molar-refractivity contribution in [2.24, 2.45) is 9.98 Å². The van der Waals surface area contributed by atoms with Crippen LogP contribution in [0.25, 0.3) is 0 Å². The maximum atomic E-state index is 4.76. The Bertz CT molecular complexity index is 857. The summed E-state index contributed by atoms with van der Waals surface area (Å²) in [4.78, 5) is 14.1. The van der Waals surface area contributed by atoms with Gasteiger partial charge in [0, 0.05) is 0 Å². The van der Waals surface area contributed by atoms with Gasteiger partial charge in [0.2, 0.25) is 0 Å². The van der Waals surface area contributed by atoms with E-state index in [2.05, 4.69) is 29.0 Å². The first-order valence-electron chi connectivity index (χ1n) is 8.32. The summed E-state index contributed by atoms with van der Waals surface area (Å²) in [5.74, 6) is 0. The van der Waals surface area contributed by atoms with E-state index >= 15 is 0 Å².